The van der Waals surface area contributed by atoms with Gasteiger partial charge in [0.05, 0.1) is 5.69 Å². The summed E-state index contributed by atoms with van der Waals surface area (Å²) in [4.78, 5) is 14.7. The molecule has 0 aliphatic carbocycles. The van der Waals surface area contributed by atoms with Crippen LogP contribution in [-0.4, -0.2) is 28.6 Å². The van der Waals surface area contributed by atoms with Gasteiger partial charge >= 0.3 is 0 Å². The third-order valence-corrected chi connectivity index (χ3v) is 5.25. The number of hydrogen-bond acceptors (Lipinski definition) is 3. The fourth-order valence-electron chi connectivity index (χ4n) is 3.53. The molecule has 2 heterocycles. The van der Waals surface area contributed by atoms with Gasteiger partial charge in [0.25, 0.3) is 0 Å². The highest BCUT2D eigenvalue weighted by Crippen LogP contribution is 2.26. The third kappa shape index (κ3) is 3.64. The van der Waals surface area contributed by atoms with Crippen LogP contribution in [0.25, 0.3) is 0 Å². The van der Waals surface area contributed by atoms with Gasteiger partial charge in [-0.2, -0.15) is 0 Å². The Bertz CT molecular complexity index is 706. The van der Waals surface area contributed by atoms with Gasteiger partial charge in [0.1, 0.15) is 5.76 Å². The minimum absolute atomic E-state index is 0.213. The normalized spacial score (nSPS) is 17.5. The first-order valence-corrected chi connectivity index (χ1v) is 8.88. The lowest BCUT2D eigenvalue weighted by atomic mass is 10.0. The van der Waals surface area contributed by atoms with Crippen LogP contribution in [-0.2, 0) is 17.6 Å². The number of carbonyl (C=O) groups is 1. The lowest BCUT2D eigenvalue weighted by Gasteiger charge is -2.25. The van der Waals surface area contributed by atoms with Gasteiger partial charge in [0.15, 0.2) is 0 Å². The van der Waals surface area contributed by atoms with Crippen LogP contribution in [0.15, 0.2) is 28.8 Å². The highest BCUT2D eigenvalue weighted by Gasteiger charge is 2.29. The van der Waals surface area contributed by atoms with E-state index in [4.69, 9.17) is 16.1 Å². The van der Waals surface area contributed by atoms with Crippen molar-refractivity contribution in [2.24, 2.45) is 0 Å². The van der Waals surface area contributed by atoms with Crippen LogP contribution in [0, 0.1) is 13.8 Å². The van der Waals surface area contributed by atoms with E-state index in [1.165, 1.54) is 0 Å². The molecule has 2 aromatic rings. The molecule has 1 fully saturated rings. The molecule has 1 aromatic heterocycles. The number of rotatable bonds is 5. The maximum Gasteiger partial charge on any atom is 0.223 e. The molecule has 1 amide bonds. The van der Waals surface area contributed by atoms with Crippen molar-refractivity contribution in [2.45, 2.75) is 52.0 Å². The molecule has 4 nitrogen and oxygen atoms in total. The number of carbonyl (C=O) groups excluding carboxylic acids is 1. The molecule has 24 heavy (non-hydrogen) atoms. The van der Waals surface area contributed by atoms with Crippen molar-refractivity contribution in [1.29, 1.82) is 0 Å². The predicted octanol–water partition coefficient (Wildman–Crippen LogP) is 4.11. The standard InChI is InChI=1S/C19H23ClN2O2/c1-13-17(14(2)24-21-13)9-10-19(23)22-11-5-7-16(22)12-15-6-3-4-8-18(15)20/h3-4,6,8,16H,5,7,9-12H2,1-2H3. The Kier molecular flexibility index (Phi) is 5.24. The molecule has 1 saturated heterocycles. The third-order valence-electron chi connectivity index (χ3n) is 4.88. The zero-order chi connectivity index (χ0) is 17.1. The summed E-state index contributed by atoms with van der Waals surface area (Å²) >= 11 is 6.27. The fourth-order valence-corrected chi connectivity index (χ4v) is 3.74. The number of halogens is 1. The number of likely N-dealkylation sites (tertiary alicyclic amines) is 1. The number of hydrogen-bond donors (Lipinski definition) is 0. The molecular weight excluding hydrogens is 324 g/mol. The van der Waals surface area contributed by atoms with Crippen molar-refractivity contribution in [3.63, 3.8) is 0 Å². The number of benzene rings is 1. The van der Waals surface area contributed by atoms with E-state index in [1.54, 1.807) is 0 Å². The van der Waals surface area contributed by atoms with E-state index in [0.717, 1.165) is 53.4 Å². The zero-order valence-electron chi connectivity index (χ0n) is 14.2. The first-order chi connectivity index (χ1) is 11.6. The highest BCUT2D eigenvalue weighted by molar-refractivity contribution is 6.31. The summed E-state index contributed by atoms with van der Waals surface area (Å²) in [7, 11) is 0. The van der Waals surface area contributed by atoms with Gasteiger partial charge < -0.3 is 9.42 Å². The molecule has 0 saturated carbocycles. The average Bonchev–Trinajstić information content (AvgIpc) is 3.15. The first kappa shape index (κ1) is 17.0. The summed E-state index contributed by atoms with van der Waals surface area (Å²) in [5.74, 6) is 1.03. The molecule has 0 spiro atoms. The van der Waals surface area contributed by atoms with Crippen molar-refractivity contribution >= 4 is 17.5 Å². The molecular formula is C19H23ClN2O2. The number of nitrogens with zero attached hydrogens (tertiary/aromatic N) is 2. The van der Waals surface area contributed by atoms with Crippen LogP contribution < -0.4 is 0 Å². The van der Waals surface area contributed by atoms with E-state index in [9.17, 15) is 4.79 Å². The molecule has 0 radical (unpaired) electrons. The van der Waals surface area contributed by atoms with Crippen molar-refractivity contribution in [2.75, 3.05) is 6.54 Å². The molecule has 1 aliphatic rings. The molecule has 0 bridgehead atoms. The summed E-state index contributed by atoms with van der Waals surface area (Å²) in [5.41, 5.74) is 3.06. The molecule has 0 N–H and O–H groups in total. The molecule has 5 heteroatoms. The molecule has 1 unspecified atom stereocenters. The highest BCUT2D eigenvalue weighted by atomic mass is 35.5. The summed E-state index contributed by atoms with van der Waals surface area (Å²) in [6.07, 6.45) is 4.13. The topological polar surface area (TPSA) is 46.3 Å². The second-order valence-corrected chi connectivity index (χ2v) is 6.89. The minimum Gasteiger partial charge on any atom is -0.361 e. The van der Waals surface area contributed by atoms with Crippen LogP contribution in [0.4, 0.5) is 0 Å². The van der Waals surface area contributed by atoms with E-state index in [-0.39, 0.29) is 11.9 Å². The molecule has 1 aromatic carbocycles. The maximum absolute atomic E-state index is 12.7. The Balaban J connectivity index is 1.62. The van der Waals surface area contributed by atoms with Crippen LogP contribution in [0.2, 0.25) is 5.02 Å². The molecule has 128 valence electrons. The summed E-state index contributed by atoms with van der Waals surface area (Å²) in [6.45, 7) is 4.66. The fraction of sp³-hybridized carbons (Fsp3) is 0.474. The van der Waals surface area contributed by atoms with Crippen molar-refractivity contribution < 1.29 is 9.32 Å². The first-order valence-electron chi connectivity index (χ1n) is 8.51. The number of aromatic nitrogens is 1. The SMILES string of the molecule is Cc1noc(C)c1CCC(=O)N1CCCC1Cc1ccccc1Cl. The van der Waals surface area contributed by atoms with Crippen LogP contribution in [0.5, 0.6) is 0 Å². The Morgan fingerprint density at radius 2 is 2.17 bits per heavy atom. The second-order valence-electron chi connectivity index (χ2n) is 6.48. The summed E-state index contributed by atoms with van der Waals surface area (Å²) in [5, 5.41) is 4.74. The Morgan fingerprint density at radius 1 is 1.38 bits per heavy atom. The Morgan fingerprint density at radius 3 is 2.88 bits per heavy atom. The van der Waals surface area contributed by atoms with Gasteiger partial charge in [-0.1, -0.05) is 35.0 Å². The quantitative estimate of drug-likeness (QED) is 0.818. The van der Waals surface area contributed by atoms with Crippen molar-refractivity contribution in [1.82, 2.24) is 10.1 Å². The monoisotopic (exact) mass is 346 g/mol. The number of amides is 1. The molecule has 1 atom stereocenters. The maximum atomic E-state index is 12.7. The van der Waals surface area contributed by atoms with Gasteiger partial charge in [-0.05, 0) is 51.2 Å². The molecule has 1 aliphatic heterocycles. The van der Waals surface area contributed by atoms with Crippen molar-refractivity contribution in [3.05, 3.63) is 51.9 Å². The van der Waals surface area contributed by atoms with Gasteiger partial charge in [-0.25, -0.2) is 0 Å². The van der Waals surface area contributed by atoms with E-state index in [1.807, 2.05) is 43.0 Å². The van der Waals surface area contributed by atoms with Gasteiger partial charge in [0.2, 0.25) is 5.91 Å². The van der Waals surface area contributed by atoms with E-state index >= 15 is 0 Å². The van der Waals surface area contributed by atoms with Crippen molar-refractivity contribution in [3.8, 4) is 0 Å². The molecule has 3 rings (SSSR count). The Hall–Kier alpha value is -1.81. The predicted molar refractivity (Wildman–Crippen MR) is 94.2 cm³/mol. The summed E-state index contributed by atoms with van der Waals surface area (Å²) < 4.78 is 5.18. The zero-order valence-corrected chi connectivity index (χ0v) is 15.0. The summed E-state index contributed by atoms with van der Waals surface area (Å²) in [6, 6.07) is 8.15. The number of aryl methyl sites for hydroxylation is 2. The largest absolute Gasteiger partial charge is 0.361 e. The minimum atomic E-state index is 0.213. The van der Waals surface area contributed by atoms with Gasteiger partial charge in [0, 0.05) is 29.6 Å². The van der Waals surface area contributed by atoms with Crippen LogP contribution in [0.1, 0.15) is 41.8 Å². The van der Waals surface area contributed by atoms with Crippen LogP contribution >= 0.6 is 11.6 Å². The lowest BCUT2D eigenvalue weighted by molar-refractivity contribution is -0.131. The van der Waals surface area contributed by atoms with Gasteiger partial charge in [-0.3, -0.25) is 4.79 Å². The second kappa shape index (κ2) is 7.39. The average molecular weight is 347 g/mol. The van der Waals surface area contributed by atoms with E-state index in [2.05, 4.69) is 5.16 Å². The Labute approximate surface area is 147 Å². The van der Waals surface area contributed by atoms with Crippen LogP contribution in [0.3, 0.4) is 0 Å². The van der Waals surface area contributed by atoms with E-state index in [0.29, 0.717) is 12.8 Å². The lowest BCUT2D eigenvalue weighted by Crippen LogP contribution is -2.37. The van der Waals surface area contributed by atoms with Gasteiger partial charge in [-0.15, -0.1) is 0 Å². The van der Waals surface area contributed by atoms with E-state index < -0.39 is 0 Å². The smallest absolute Gasteiger partial charge is 0.223 e.